The molecule has 1 atom stereocenters. The highest BCUT2D eigenvalue weighted by atomic mass is 16.7. The minimum absolute atomic E-state index is 0.000916. The molecule has 0 bridgehead atoms. The summed E-state index contributed by atoms with van der Waals surface area (Å²) in [5, 5.41) is 2.92. The molecule has 2 aliphatic heterocycles. The van der Waals surface area contributed by atoms with Crippen LogP contribution >= 0.6 is 0 Å². The summed E-state index contributed by atoms with van der Waals surface area (Å²) in [4.78, 5) is 11.8. The van der Waals surface area contributed by atoms with Gasteiger partial charge in [-0.2, -0.15) is 0 Å². The second-order valence-electron chi connectivity index (χ2n) is 4.47. The second-order valence-corrected chi connectivity index (χ2v) is 4.47. The maximum Gasteiger partial charge on any atom is 0.231 e. The maximum atomic E-state index is 11.8. The number of nitrogens with one attached hydrogen (secondary N) is 1. The molecule has 3 rings (SSSR count). The number of fused-ring (bicyclic) bond motifs is 1. The molecule has 2 heterocycles. The van der Waals surface area contributed by atoms with Gasteiger partial charge in [0.1, 0.15) is 0 Å². The molecule has 2 aliphatic rings. The number of hydrogen-bond acceptors (Lipinski definition) is 4. The van der Waals surface area contributed by atoms with Crippen molar-refractivity contribution in [2.75, 3.05) is 20.0 Å². The monoisotopic (exact) mass is 249 g/mol. The zero-order valence-corrected chi connectivity index (χ0v) is 9.98. The summed E-state index contributed by atoms with van der Waals surface area (Å²) in [6, 6.07) is 5.69. The predicted molar refractivity (Wildman–Crippen MR) is 63.3 cm³/mol. The molecule has 1 aromatic carbocycles. The molecule has 0 unspecified atom stereocenters. The molecule has 5 heteroatoms. The van der Waals surface area contributed by atoms with E-state index in [4.69, 9.17) is 14.2 Å². The van der Waals surface area contributed by atoms with Crippen molar-refractivity contribution in [2.45, 2.75) is 13.0 Å². The fourth-order valence-corrected chi connectivity index (χ4v) is 2.13. The molecule has 1 N–H and O–H groups in total. The minimum Gasteiger partial charge on any atom is -0.454 e. The fraction of sp³-hybridized carbons (Fsp3) is 0.462. The Kier molecular flexibility index (Phi) is 3.06. The molecule has 1 saturated heterocycles. The van der Waals surface area contributed by atoms with Crippen molar-refractivity contribution in [1.29, 1.82) is 0 Å². The zero-order chi connectivity index (χ0) is 12.4. The summed E-state index contributed by atoms with van der Waals surface area (Å²) in [6.07, 6.45) is 0.812. The molecule has 1 aromatic rings. The van der Waals surface area contributed by atoms with Gasteiger partial charge in [0.25, 0.3) is 0 Å². The van der Waals surface area contributed by atoms with Crippen LogP contribution in [-0.2, 0) is 16.1 Å². The van der Waals surface area contributed by atoms with Crippen molar-refractivity contribution in [3.63, 3.8) is 0 Å². The van der Waals surface area contributed by atoms with Crippen molar-refractivity contribution in [2.24, 2.45) is 5.92 Å². The number of rotatable bonds is 3. The van der Waals surface area contributed by atoms with Crippen LogP contribution in [0.25, 0.3) is 0 Å². The van der Waals surface area contributed by atoms with Gasteiger partial charge >= 0.3 is 0 Å². The van der Waals surface area contributed by atoms with Gasteiger partial charge in [0, 0.05) is 13.2 Å². The van der Waals surface area contributed by atoms with E-state index >= 15 is 0 Å². The first-order valence-electron chi connectivity index (χ1n) is 6.07. The molecule has 0 aliphatic carbocycles. The highest BCUT2D eigenvalue weighted by Crippen LogP contribution is 2.32. The summed E-state index contributed by atoms with van der Waals surface area (Å²) in [6.45, 7) is 1.99. The lowest BCUT2D eigenvalue weighted by Gasteiger charge is -2.09. The Labute approximate surface area is 105 Å². The molecule has 1 fully saturated rings. The van der Waals surface area contributed by atoms with E-state index in [1.54, 1.807) is 0 Å². The van der Waals surface area contributed by atoms with Crippen LogP contribution < -0.4 is 14.8 Å². The fourth-order valence-electron chi connectivity index (χ4n) is 2.13. The Morgan fingerprint density at radius 3 is 3.06 bits per heavy atom. The molecule has 1 amide bonds. The number of benzene rings is 1. The van der Waals surface area contributed by atoms with Gasteiger partial charge in [-0.1, -0.05) is 6.07 Å². The lowest BCUT2D eigenvalue weighted by Crippen LogP contribution is -2.30. The summed E-state index contributed by atoms with van der Waals surface area (Å²) in [7, 11) is 0. The number of amides is 1. The summed E-state index contributed by atoms with van der Waals surface area (Å²) in [5.41, 5.74) is 1.01. The first kappa shape index (κ1) is 11.3. The number of hydrogen-bond donors (Lipinski definition) is 1. The van der Waals surface area contributed by atoms with Crippen LogP contribution in [0.2, 0.25) is 0 Å². The zero-order valence-electron chi connectivity index (χ0n) is 9.98. The first-order chi connectivity index (χ1) is 8.83. The van der Waals surface area contributed by atoms with Crippen LogP contribution in [0.1, 0.15) is 12.0 Å². The normalized spacial score (nSPS) is 21.0. The standard InChI is InChI=1S/C13H15NO4/c15-13(10-3-4-16-7-10)14-6-9-1-2-11-12(5-9)18-8-17-11/h1-2,5,10H,3-4,6-8H2,(H,14,15)/t10-/m0/s1. The summed E-state index contributed by atoms with van der Waals surface area (Å²) in [5.74, 6) is 1.56. The topological polar surface area (TPSA) is 56.8 Å². The molecule has 0 spiro atoms. The molecular weight excluding hydrogens is 234 g/mol. The van der Waals surface area contributed by atoms with Crippen molar-refractivity contribution in [3.8, 4) is 11.5 Å². The molecule has 0 aromatic heterocycles. The van der Waals surface area contributed by atoms with E-state index in [1.165, 1.54) is 0 Å². The van der Waals surface area contributed by atoms with E-state index in [1.807, 2.05) is 18.2 Å². The molecule has 5 nitrogen and oxygen atoms in total. The van der Waals surface area contributed by atoms with Gasteiger partial charge in [-0.05, 0) is 24.1 Å². The van der Waals surface area contributed by atoms with Crippen LogP contribution in [0.3, 0.4) is 0 Å². The Bertz CT molecular complexity index is 454. The van der Waals surface area contributed by atoms with E-state index in [2.05, 4.69) is 5.32 Å². The van der Waals surface area contributed by atoms with E-state index in [0.717, 1.165) is 23.5 Å². The molecule has 18 heavy (non-hydrogen) atoms. The molecule has 0 radical (unpaired) electrons. The summed E-state index contributed by atoms with van der Waals surface area (Å²) < 4.78 is 15.7. The highest BCUT2D eigenvalue weighted by Gasteiger charge is 2.23. The van der Waals surface area contributed by atoms with Crippen LogP contribution in [0.15, 0.2) is 18.2 Å². The van der Waals surface area contributed by atoms with Gasteiger partial charge in [0.15, 0.2) is 11.5 Å². The second kappa shape index (κ2) is 4.86. The van der Waals surface area contributed by atoms with E-state index < -0.39 is 0 Å². The van der Waals surface area contributed by atoms with E-state index in [-0.39, 0.29) is 18.6 Å². The lowest BCUT2D eigenvalue weighted by molar-refractivity contribution is -0.125. The largest absolute Gasteiger partial charge is 0.454 e. The van der Waals surface area contributed by atoms with E-state index in [9.17, 15) is 4.79 Å². The predicted octanol–water partition coefficient (Wildman–Crippen LogP) is 1.07. The van der Waals surface area contributed by atoms with E-state index in [0.29, 0.717) is 19.8 Å². The lowest BCUT2D eigenvalue weighted by atomic mass is 10.1. The Morgan fingerprint density at radius 2 is 2.22 bits per heavy atom. The van der Waals surface area contributed by atoms with Crippen LogP contribution in [0.4, 0.5) is 0 Å². The van der Waals surface area contributed by atoms with Crippen LogP contribution in [0, 0.1) is 5.92 Å². The smallest absolute Gasteiger partial charge is 0.231 e. The van der Waals surface area contributed by atoms with Gasteiger partial charge in [0.2, 0.25) is 12.7 Å². The van der Waals surface area contributed by atoms with Gasteiger partial charge in [0.05, 0.1) is 12.5 Å². The van der Waals surface area contributed by atoms with Crippen LogP contribution in [-0.4, -0.2) is 25.9 Å². The third-order valence-electron chi connectivity index (χ3n) is 3.20. The van der Waals surface area contributed by atoms with Crippen molar-refractivity contribution in [3.05, 3.63) is 23.8 Å². The molecular formula is C13H15NO4. The number of ether oxygens (including phenoxy) is 3. The Hall–Kier alpha value is -1.75. The number of carbonyl (C=O) groups is 1. The van der Waals surface area contributed by atoms with Gasteiger partial charge in [-0.25, -0.2) is 0 Å². The minimum atomic E-state index is -0.000916. The highest BCUT2D eigenvalue weighted by molar-refractivity contribution is 5.79. The SMILES string of the molecule is O=C(NCc1ccc2c(c1)OCO2)[C@H]1CCOC1. The Morgan fingerprint density at radius 1 is 1.33 bits per heavy atom. The third-order valence-corrected chi connectivity index (χ3v) is 3.20. The van der Waals surface area contributed by atoms with Gasteiger partial charge in [-0.3, -0.25) is 4.79 Å². The van der Waals surface area contributed by atoms with Crippen molar-refractivity contribution >= 4 is 5.91 Å². The molecule has 0 saturated carbocycles. The average molecular weight is 249 g/mol. The summed E-state index contributed by atoms with van der Waals surface area (Å²) >= 11 is 0. The van der Waals surface area contributed by atoms with Gasteiger partial charge in [-0.15, -0.1) is 0 Å². The quantitative estimate of drug-likeness (QED) is 0.870. The van der Waals surface area contributed by atoms with Crippen molar-refractivity contribution < 1.29 is 19.0 Å². The number of carbonyl (C=O) groups excluding carboxylic acids is 1. The first-order valence-corrected chi connectivity index (χ1v) is 6.07. The van der Waals surface area contributed by atoms with Crippen molar-refractivity contribution in [1.82, 2.24) is 5.32 Å². The Balaban J connectivity index is 1.58. The van der Waals surface area contributed by atoms with Gasteiger partial charge < -0.3 is 19.5 Å². The average Bonchev–Trinajstić information content (AvgIpc) is 3.05. The van der Waals surface area contributed by atoms with Crippen LogP contribution in [0.5, 0.6) is 11.5 Å². The maximum absolute atomic E-state index is 11.8. The third kappa shape index (κ3) is 2.26. The molecule has 96 valence electrons.